The van der Waals surface area contributed by atoms with E-state index in [2.05, 4.69) is 28.0 Å². The van der Waals surface area contributed by atoms with Crippen molar-refractivity contribution in [2.24, 2.45) is 5.92 Å². The molecule has 1 aliphatic heterocycles. The fourth-order valence-corrected chi connectivity index (χ4v) is 3.08. The Morgan fingerprint density at radius 1 is 1.44 bits per heavy atom. The zero-order valence-corrected chi connectivity index (χ0v) is 14.1. The summed E-state index contributed by atoms with van der Waals surface area (Å²) >= 11 is 0. The lowest BCUT2D eigenvalue weighted by Crippen LogP contribution is -2.30. The van der Waals surface area contributed by atoms with Gasteiger partial charge in [0.05, 0.1) is 17.8 Å². The topological polar surface area (TPSA) is 73.9 Å². The molecular formula is C19H21N5O. The smallest absolute Gasteiger partial charge is 0.251 e. The van der Waals surface area contributed by atoms with Gasteiger partial charge in [-0.3, -0.25) is 9.69 Å². The molecule has 3 rings (SSSR count). The first-order chi connectivity index (χ1) is 12.2. The minimum atomic E-state index is -0.0878. The molecule has 6 heteroatoms. The quantitative estimate of drug-likeness (QED) is 0.877. The van der Waals surface area contributed by atoms with E-state index in [0.29, 0.717) is 23.6 Å². The van der Waals surface area contributed by atoms with Crippen molar-refractivity contribution in [3.63, 3.8) is 0 Å². The molecule has 1 atom stereocenters. The van der Waals surface area contributed by atoms with Gasteiger partial charge >= 0.3 is 0 Å². The highest BCUT2D eigenvalue weighted by Gasteiger charge is 2.23. The number of likely N-dealkylation sites (tertiary alicyclic amines) is 1. The number of rotatable bonds is 6. The first-order valence-electron chi connectivity index (χ1n) is 8.34. The summed E-state index contributed by atoms with van der Waals surface area (Å²) in [4.78, 5) is 14.6. The molecule has 0 radical (unpaired) electrons. The van der Waals surface area contributed by atoms with Crippen LogP contribution in [0.15, 0.2) is 43.2 Å². The molecule has 2 aromatic rings. The van der Waals surface area contributed by atoms with Gasteiger partial charge in [0.1, 0.15) is 0 Å². The van der Waals surface area contributed by atoms with Gasteiger partial charge < -0.3 is 5.32 Å². The monoisotopic (exact) mass is 335 g/mol. The molecule has 128 valence electrons. The van der Waals surface area contributed by atoms with Crippen LogP contribution in [0.3, 0.4) is 0 Å². The van der Waals surface area contributed by atoms with Crippen LogP contribution in [0.25, 0.3) is 6.20 Å². The zero-order chi connectivity index (χ0) is 17.6. The summed E-state index contributed by atoms with van der Waals surface area (Å²) < 4.78 is 1.71. The van der Waals surface area contributed by atoms with Crippen LogP contribution < -0.4 is 5.32 Å². The highest BCUT2D eigenvalue weighted by Crippen LogP contribution is 2.18. The minimum absolute atomic E-state index is 0.0878. The Bertz CT molecular complexity index is 787. The SMILES string of the molecule is C=Cn1cc(CN2CCC(CNC(=O)c3ccc(C#N)cc3)C2)cn1. The number of nitrogens with one attached hydrogen (secondary N) is 1. The van der Waals surface area contributed by atoms with Gasteiger partial charge in [-0.2, -0.15) is 10.4 Å². The van der Waals surface area contributed by atoms with Gasteiger partial charge in [0.15, 0.2) is 0 Å². The van der Waals surface area contributed by atoms with Crippen molar-refractivity contribution in [2.45, 2.75) is 13.0 Å². The standard InChI is InChI=1S/C19H21N5O/c1-2-24-14-17(11-22-24)13-23-8-7-16(12-23)10-21-19(25)18-5-3-15(9-20)4-6-18/h2-6,11,14,16H,1,7-8,10,12-13H2,(H,21,25). The summed E-state index contributed by atoms with van der Waals surface area (Å²) in [6, 6.07) is 8.75. The summed E-state index contributed by atoms with van der Waals surface area (Å²) in [6.45, 7) is 7.22. The number of nitriles is 1. The second-order valence-electron chi connectivity index (χ2n) is 6.30. The first-order valence-corrected chi connectivity index (χ1v) is 8.34. The maximum absolute atomic E-state index is 12.2. The van der Waals surface area contributed by atoms with E-state index in [9.17, 15) is 4.79 Å². The number of hydrogen-bond donors (Lipinski definition) is 1. The summed E-state index contributed by atoms with van der Waals surface area (Å²) in [7, 11) is 0. The number of benzene rings is 1. The molecule has 1 amide bonds. The van der Waals surface area contributed by atoms with Crippen molar-refractivity contribution in [3.05, 3.63) is 59.9 Å². The lowest BCUT2D eigenvalue weighted by atomic mass is 10.1. The van der Waals surface area contributed by atoms with Crippen LogP contribution >= 0.6 is 0 Å². The maximum atomic E-state index is 12.2. The highest BCUT2D eigenvalue weighted by molar-refractivity contribution is 5.94. The largest absolute Gasteiger partial charge is 0.352 e. The Labute approximate surface area is 147 Å². The molecule has 6 nitrogen and oxygen atoms in total. The lowest BCUT2D eigenvalue weighted by Gasteiger charge is -2.15. The molecule has 1 aromatic carbocycles. The van der Waals surface area contributed by atoms with Crippen LogP contribution in [-0.2, 0) is 6.54 Å². The third-order valence-electron chi connectivity index (χ3n) is 4.45. The third-order valence-corrected chi connectivity index (χ3v) is 4.45. The van der Waals surface area contributed by atoms with Crippen molar-refractivity contribution < 1.29 is 4.79 Å². The molecule has 1 unspecified atom stereocenters. The van der Waals surface area contributed by atoms with Crippen LogP contribution in [0.2, 0.25) is 0 Å². The Kier molecular flexibility index (Phi) is 5.26. The molecule has 1 aromatic heterocycles. The first kappa shape index (κ1) is 16.9. The second-order valence-corrected chi connectivity index (χ2v) is 6.30. The molecule has 2 heterocycles. The van der Waals surface area contributed by atoms with Gasteiger partial charge in [-0.05, 0) is 43.1 Å². The van der Waals surface area contributed by atoms with E-state index in [1.165, 1.54) is 5.56 Å². The van der Waals surface area contributed by atoms with Crippen molar-refractivity contribution >= 4 is 12.1 Å². The molecule has 1 saturated heterocycles. The third kappa shape index (κ3) is 4.34. The summed E-state index contributed by atoms with van der Waals surface area (Å²) in [5.41, 5.74) is 2.32. The molecule has 25 heavy (non-hydrogen) atoms. The van der Waals surface area contributed by atoms with Gasteiger partial charge in [0, 0.05) is 43.2 Å². The Morgan fingerprint density at radius 2 is 2.24 bits per heavy atom. The van der Waals surface area contributed by atoms with E-state index in [1.54, 1.807) is 35.1 Å². The number of amides is 1. The molecule has 1 fully saturated rings. The average Bonchev–Trinajstić information content (AvgIpc) is 3.29. The van der Waals surface area contributed by atoms with Crippen LogP contribution in [0.5, 0.6) is 0 Å². The van der Waals surface area contributed by atoms with Crippen LogP contribution in [0.1, 0.15) is 27.9 Å². The molecular weight excluding hydrogens is 314 g/mol. The van der Waals surface area contributed by atoms with E-state index in [0.717, 1.165) is 26.1 Å². The Balaban J connectivity index is 1.45. The summed E-state index contributed by atoms with van der Waals surface area (Å²) in [6.07, 6.45) is 6.59. The number of carbonyl (C=O) groups is 1. The fraction of sp³-hybridized carbons (Fsp3) is 0.316. The van der Waals surface area contributed by atoms with Gasteiger partial charge in [0.25, 0.3) is 5.91 Å². The van der Waals surface area contributed by atoms with E-state index >= 15 is 0 Å². The zero-order valence-electron chi connectivity index (χ0n) is 14.1. The molecule has 0 spiro atoms. The average molecular weight is 335 g/mol. The van der Waals surface area contributed by atoms with E-state index in [-0.39, 0.29) is 5.91 Å². The van der Waals surface area contributed by atoms with Gasteiger partial charge in [-0.25, -0.2) is 4.68 Å². The lowest BCUT2D eigenvalue weighted by molar-refractivity contribution is 0.0947. The molecule has 0 bridgehead atoms. The van der Waals surface area contributed by atoms with Gasteiger partial charge in [-0.15, -0.1) is 0 Å². The van der Waals surface area contributed by atoms with E-state index < -0.39 is 0 Å². The predicted molar refractivity (Wildman–Crippen MR) is 95.5 cm³/mol. The Hall–Kier alpha value is -2.91. The number of carbonyl (C=O) groups excluding carboxylic acids is 1. The fourth-order valence-electron chi connectivity index (χ4n) is 3.08. The van der Waals surface area contributed by atoms with E-state index in [4.69, 9.17) is 5.26 Å². The molecule has 1 aliphatic rings. The van der Waals surface area contributed by atoms with E-state index in [1.807, 2.05) is 12.4 Å². The second kappa shape index (κ2) is 7.77. The number of aromatic nitrogens is 2. The van der Waals surface area contributed by atoms with Gasteiger partial charge in [-0.1, -0.05) is 6.58 Å². The number of hydrogen-bond acceptors (Lipinski definition) is 4. The van der Waals surface area contributed by atoms with Crippen LogP contribution in [0.4, 0.5) is 0 Å². The van der Waals surface area contributed by atoms with Crippen molar-refractivity contribution in [3.8, 4) is 6.07 Å². The summed E-state index contributed by atoms with van der Waals surface area (Å²) in [5.74, 6) is 0.368. The van der Waals surface area contributed by atoms with Crippen molar-refractivity contribution in [2.75, 3.05) is 19.6 Å². The van der Waals surface area contributed by atoms with Crippen molar-refractivity contribution in [1.29, 1.82) is 5.26 Å². The maximum Gasteiger partial charge on any atom is 0.251 e. The van der Waals surface area contributed by atoms with Crippen molar-refractivity contribution in [1.82, 2.24) is 20.0 Å². The van der Waals surface area contributed by atoms with Crippen LogP contribution in [-0.4, -0.2) is 40.2 Å². The summed E-state index contributed by atoms with van der Waals surface area (Å²) in [5, 5.41) is 16.0. The Morgan fingerprint density at radius 3 is 2.92 bits per heavy atom. The highest BCUT2D eigenvalue weighted by atomic mass is 16.1. The normalized spacial score (nSPS) is 17.2. The van der Waals surface area contributed by atoms with Crippen LogP contribution in [0, 0.1) is 17.2 Å². The molecule has 0 saturated carbocycles. The molecule has 0 aliphatic carbocycles. The predicted octanol–water partition coefficient (Wildman–Crippen LogP) is 2.11. The molecule has 1 N–H and O–H groups in total. The minimum Gasteiger partial charge on any atom is -0.352 e. The number of nitrogens with zero attached hydrogens (tertiary/aromatic N) is 4. The van der Waals surface area contributed by atoms with Gasteiger partial charge in [0.2, 0.25) is 0 Å².